The quantitative estimate of drug-likeness (QED) is 0.462. The Labute approximate surface area is 166 Å². The second-order valence-electron chi connectivity index (χ2n) is 6.78. The summed E-state index contributed by atoms with van der Waals surface area (Å²) in [5, 5.41) is 19.8. The average molecular weight is 402 g/mol. The van der Waals surface area contributed by atoms with Crippen LogP contribution in [0.1, 0.15) is 24.8 Å². The summed E-state index contributed by atoms with van der Waals surface area (Å²) in [6.07, 6.45) is 1.45. The molecule has 1 aromatic carbocycles. The molecule has 1 aliphatic heterocycles. The molecule has 0 spiro atoms. The van der Waals surface area contributed by atoms with Crippen LogP contribution >= 0.6 is 11.8 Å². The van der Waals surface area contributed by atoms with Gasteiger partial charge in [0, 0.05) is 23.9 Å². The maximum Gasteiger partial charge on any atom is 0.353 e. The number of aliphatic hydroxyl groups is 2. The van der Waals surface area contributed by atoms with Crippen LogP contribution in [0, 0.1) is 0 Å². The standard InChI is InChI=1S/C20H22N2O5S/c23-12-17-16(24)10-18(27-17)22-11-13-9-14(26-19(13)21-20(22)25)5-4-8-28-15-6-2-1-3-7-15/h1-3,6-7,9,11,16-18,23-24H,4-5,8,10,12H2/t16-,17+,18+/m0/s1. The van der Waals surface area contributed by atoms with Crippen molar-refractivity contribution in [3.8, 4) is 0 Å². The first-order chi connectivity index (χ1) is 13.6. The SMILES string of the molecule is O=c1nc2oc(CCCSc3ccccc3)cc2cn1[C@H]1C[C@H](O)[C@@H](CO)O1. The second kappa shape index (κ2) is 8.48. The summed E-state index contributed by atoms with van der Waals surface area (Å²) < 4.78 is 12.6. The smallest absolute Gasteiger partial charge is 0.353 e. The Morgan fingerprint density at radius 3 is 2.86 bits per heavy atom. The first-order valence-electron chi connectivity index (χ1n) is 9.28. The lowest BCUT2D eigenvalue weighted by Gasteiger charge is -2.13. The van der Waals surface area contributed by atoms with Gasteiger partial charge in [-0.15, -0.1) is 11.8 Å². The predicted molar refractivity (Wildman–Crippen MR) is 105 cm³/mol. The van der Waals surface area contributed by atoms with Gasteiger partial charge in [-0.2, -0.15) is 4.98 Å². The van der Waals surface area contributed by atoms with Gasteiger partial charge in [-0.3, -0.25) is 4.57 Å². The van der Waals surface area contributed by atoms with E-state index in [0.29, 0.717) is 5.71 Å². The molecule has 3 heterocycles. The topological polar surface area (TPSA) is 97.7 Å². The van der Waals surface area contributed by atoms with Crippen LogP contribution in [0.15, 0.2) is 56.7 Å². The van der Waals surface area contributed by atoms with E-state index in [1.807, 2.05) is 24.3 Å². The zero-order chi connectivity index (χ0) is 19.5. The zero-order valence-corrected chi connectivity index (χ0v) is 16.0. The third-order valence-corrected chi connectivity index (χ3v) is 5.86. The van der Waals surface area contributed by atoms with Gasteiger partial charge in [0.15, 0.2) is 0 Å². The van der Waals surface area contributed by atoms with Crippen LogP contribution in [0.5, 0.6) is 0 Å². The van der Waals surface area contributed by atoms with Crippen molar-refractivity contribution in [3.63, 3.8) is 0 Å². The van der Waals surface area contributed by atoms with Crippen molar-refractivity contribution in [2.75, 3.05) is 12.4 Å². The summed E-state index contributed by atoms with van der Waals surface area (Å²) >= 11 is 1.80. The van der Waals surface area contributed by atoms with E-state index >= 15 is 0 Å². The Bertz CT molecular complexity index is 987. The van der Waals surface area contributed by atoms with Crippen LogP contribution in [0.25, 0.3) is 11.1 Å². The van der Waals surface area contributed by atoms with E-state index in [9.17, 15) is 15.0 Å². The summed E-state index contributed by atoms with van der Waals surface area (Å²) in [6, 6.07) is 12.1. The van der Waals surface area contributed by atoms with Gasteiger partial charge in [-0.05, 0) is 30.4 Å². The minimum atomic E-state index is -0.806. The van der Waals surface area contributed by atoms with Crippen molar-refractivity contribution in [2.24, 2.45) is 0 Å². The Morgan fingerprint density at radius 1 is 1.29 bits per heavy atom. The molecular weight excluding hydrogens is 380 g/mol. The van der Waals surface area contributed by atoms with Crippen molar-refractivity contribution >= 4 is 22.9 Å². The minimum absolute atomic E-state index is 0.236. The fourth-order valence-electron chi connectivity index (χ4n) is 3.31. The van der Waals surface area contributed by atoms with E-state index < -0.39 is 24.1 Å². The number of fused-ring (bicyclic) bond motifs is 1. The number of aryl methyl sites for hydroxylation is 1. The highest BCUT2D eigenvalue weighted by Crippen LogP contribution is 2.28. The molecule has 2 N–H and O–H groups in total. The molecular formula is C20H22N2O5S. The van der Waals surface area contributed by atoms with E-state index in [0.717, 1.165) is 29.7 Å². The molecule has 8 heteroatoms. The molecule has 0 bridgehead atoms. The third-order valence-electron chi connectivity index (χ3n) is 4.76. The summed E-state index contributed by atoms with van der Waals surface area (Å²) in [5.74, 6) is 1.76. The molecule has 2 aromatic heterocycles. The first-order valence-corrected chi connectivity index (χ1v) is 10.3. The van der Waals surface area contributed by atoms with E-state index in [1.165, 1.54) is 9.46 Å². The summed E-state index contributed by atoms with van der Waals surface area (Å²) in [4.78, 5) is 17.6. The molecule has 3 aromatic rings. The molecule has 0 unspecified atom stereocenters. The van der Waals surface area contributed by atoms with E-state index in [1.54, 1.807) is 18.0 Å². The maximum absolute atomic E-state index is 12.3. The molecule has 1 saturated heterocycles. The molecule has 7 nitrogen and oxygen atoms in total. The van der Waals surface area contributed by atoms with Gasteiger partial charge in [-0.1, -0.05) is 18.2 Å². The van der Waals surface area contributed by atoms with Gasteiger partial charge in [0.1, 0.15) is 18.1 Å². The molecule has 0 saturated carbocycles. The van der Waals surface area contributed by atoms with Crippen molar-refractivity contribution in [1.82, 2.24) is 9.55 Å². The lowest BCUT2D eigenvalue weighted by atomic mass is 10.2. The zero-order valence-electron chi connectivity index (χ0n) is 15.2. The van der Waals surface area contributed by atoms with E-state index in [4.69, 9.17) is 9.15 Å². The second-order valence-corrected chi connectivity index (χ2v) is 7.95. The molecule has 1 aliphatic rings. The third kappa shape index (κ3) is 4.15. The number of aliphatic hydroxyl groups excluding tert-OH is 2. The van der Waals surface area contributed by atoms with Gasteiger partial charge < -0.3 is 19.4 Å². The number of nitrogens with zero attached hydrogens (tertiary/aromatic N) is 2. The monoisotopic (exact) mass is 402 g/mol. The highest BCUT2D eigenvalue weighted by molar-refractivity contribution is 7.99. The lowest BCUT2D eigenvalue weighted by molar-refractivity contribution is -0.0457. The van der Waals surface area contributed by atoms with Crippen LogP contribution in [-0.2, 0) is 11.2 Å². The minimum Gasteiger partial charge on any atom is -0.443 e. The van der Waals surface area contributed by atoms with Gasteiger partial charge in [0.2, 0.25) is 5.71 Å². The van der Waals surface area contributed by atoms with E-state index in [2.05, 4.69) is 17.1 Å². The number of furan rings is 1. The Kier molecular flexibility index (Phi) is 5.82. The summed E-state index contributed by atoms with van der Waals surface area (Å²) in [6.45, 7) is -0.293. The van der Waals surface area contributed by atoms with Crippen LogP contribution in [0.4, 0.5) is 0 Å². The van der Waals surface area contributed by atoms with Crippen molar-refractivity contribution in [3.05, 3.63) is 58.8 Å². The van der Waals surface area contributed by atoms with Gasteiger partial charge in [-0.25, -0.2) is 4.79 Å². The first kappa shape index (κ1) is 19.2. The molecule has 148 valence electrons. The number of aromatic nitrogens is 2. The number of thioether (sulfide) groups is 1. The molecule has 4 rings (SSSR count). The predicted octanol–water partition coefficient (Wildman–Crippen LogP) is 2.36. The fourth-order valence-corrected chi connectivity index (χ4v) is 4.18. The Balaban J connectivity index is 1.42. The molecule has 0 amide bonds. The van der Waals surface area contributed by atoms with Crippen LogP contribution in [-0.4, -0.2) is 44.3 Å². The van der Waals surface area contributed by atoms with Crippen molar-refractivity contribution in [2.45, 2.75) is 42.6 Å². The Morgan fingerprint density at radius 2 is 2.11 bits per heavy atom. The van der Waals surface area contributed by atoms with Crippen LogP contribution in [0.3, 0.4) is 0 Å². The van der Waals surface area contributed by atoms with Crippen molar-refractivity contribution < 1.29 is 19.4 Å². The van der Waals surface area contributed by atoms with Gasteiger partial charge in [0.25, 0.3) is 0 Å². The molecule has 1 fully saturated rings. The van der Waals surface area contributed by atoms with Crippen molar-refractivity contribution in [1.29, 1.82) is 0 Å². The number of hydrogen-bond acceptors (Lipinski definition) is 7. The number of rotatable bonds is 7. The van der Waals surface area contributed by atoms with E-state index in [-0.39, 0.29) is 13.0 Å². The van der Waals surface area contributed by atoms with Gasteiger partial charge in [0.05, 0.1) is 18.1 Å². The van der Waals surface area contributed by atoms with Gasteiger partial charge >= 0.3 is 5.69 Å². The highest BCUT2D eigenvalue weighted by Gasteiger charge is 2.35. The molecule has 0 aliphatic carbocycles. The summed E-state index contributed by atoms with van der Waals surface area (Å²) in [7, 11) is 0. The number of benzene rings is 1. The number of ether oxygens (including phenoxy) is 1. The molecule has 3 atom stereocenters. The molecule has 28 heavy (non-hydrogen) atoms. The largest absolute Gasteiger partial charge is 0.443 e. The van der Waals surface area contributed by atoms with Crippen LogP contribution < -0.4 is 5.69 Å². The number of hydrogen-bond donors (Lipinski definition) is 2. The highest BCUT2D eigenvalue weighted by atomic mass is 32.2. The Hall–Kier alpha value is -2.13. The fraction of sp³-hybridized carbons (Fsp3) is 0.400. The van der Waals surface area contributed by atoms with Crippen LogP contribution in [0.2, 0.25) is 0 Å². The molecule has 0 radical (unpaired) electrons. The lowest BCUT2D eigenvalue weighted by Crippen LogP contribution is -2.27. The average Bonchev–Trinajstić information content (AvgIpc) is 3.27. The maximum atomic E-state index is 12.3. The summed E-state index contributed by atoms with van der Waals surface area (Å²) in [5.41, 5.74) is -0.187. The normalized spacial score (nSPS) is 22.1.